The summed E-state index contributed by atoms with van der Waals surface area (Å²) in [7, 11) is 0. The summed E-state index contributed by atoms with van der Waals surface area (Å²) in [5.41, 5.74) is 2.35. The summed E-state index contributed by atoms with van der Waals surface area (Å²) >= 11 is 3.22. The Balaban J connectivity index is 1.57. The SMILES string of the molecule is CCC(CC)n1c(Cc2cccs2)nc2cc(C(=O)N[C@@H](CC(C)C)C(=O)NCc3nccs3)ccc21. The van der Waals surface area contributed by atoms with Gasteiger partial charge in [-0.3, -0.25) is 9.59 Å². The quantitative estimate of drug-likeness (QED) is 0.233. The molecule has 4 aromatic rings. The van der Waals surface area contributed by atoms with Crippen molar-refractivity contribution < 1.29 is 9.59 Å². The van der Waals surface area contributed by atoms with Gasteiger partial charge < -0.3 is 15.2 Å². The maximum absolute atomic E-state index is 13.3. The molecule has 196 valence electrons. The van der Waals surface area contributed by atoms with E-state index in [1.807, 2.05) is 37.4 Å². The highest BCUT2D eigenvalue weighted by Gasteiger charge is 2.24. The summed E-state index contributed by atoms with van der Waals surface area (Å²) in [4.78, 5) is 36.7. The minimum Gasteiger partial charge on any atom is -0.348 e. The highest BCUT2D eigenvalue weighted by atomic mass is 32.1. The molecule has 0 saturated heterocycles. The van der Waals surface area contributed by atoms with Gasteiger partial charge in [0.05, 0.1) is 17.6 Å². The maximum atomic E-state index is 13.3. The minimum absolute atomic E-state index is 0.199. The molecule has 3 heterocycles. The van der Waals surface area contributed by atoms with Crippen LogP contribution in [0.1, 0.15) is 79.1 Å². The molecule has 0 fully saturated rings. The lowest BCUT2D eigenvalue weighted by atomic mass is 10.0. The monoisotopic (exact) mass is 537 g/mol. The zero-order valence-corrected chi connectivity index (χ0v) is 23.5. The lowest BCUT2D eigenvalue weighted by molar-refractivity contribution is -0.123. The number of nitrogens with one attached hydrogen (secondary N) is 2. The number of carbonyl (C=O) groups excluding carboxylic acids is 2. The highest BCUT2D eigenvalue weighted by molar-refractivity contribution is 7.10. The third-order valence-corrected chi connectivity index (χ3v) is 8.13. The van der Waals surface area contributed by atoms with Crippen LogP contribution in [-0.4, -0.2) is 32.4 Å². The van der Waals surface area contributed by atoms with E-state index in [9.17, 15) is 9.59 Å². The van der Waals surface area contributed by atoms with E-state index < -0.39 is 6.04 Å². The summed E-state index contributed by atoms with van der Waals surface area (Å²) in [6.45, 7) is 8.83. The van der Waals surface area contributed by atoms with Gasteiger partial charge in [0.2, 0.25) is 5.91 Å². The van der Waals surface area contributed by atoms with Crippen LogP contribution < -0.4 is 10.6 Å². The molecule has 0 saturated carbocycles. The van der Waals surface area contributed by atoms with E-state index in [0.717, 1.165) is 41.1 Å². The highest BCUT2D eigenvalue weighted by Crippen LogP contribution is 2.28. The van der Waals surface area contributed by atoms with E-state index in [4.69, 9.17) is 4.98 Å². The van der Waals surface area contributed by atoms with E-state index in [-0.39, 0.29) is 17.7 Å². The number of fused-ring (bicyclic) bond motifs is 1. The predicted molar refractivity (Wildman–Crippen MR) is 151 cm³/mol. The van der Waals surface area contributed by atoms with Gasteiger partial charge in [-0.1, -0.05) is 33.8 Å². The molecule has 9 heteroatoms. The number of hydrogen-bond acceptors (Lipinski definition) is 6. The van der Waals surface area contributed by atoms with Gasteiger partial charge in [-0.25, -0.2) is 9.97 Å². The van der Waals surface area contributed by atoms with Gasteiger partial charge in [-0.15, -0.1) is 22.7 Å². The van der Waals surface area contributed by atoms with Gasteiger partial charge in [0.25, 0.3) is 5.91 Å². The van der Waals surface area contributed by atoms with Crippen molar-refractivity contribution >= 4 is 45.5 Å². The molecule has 37 heavy (non-hydrogen) atoms. The fourth-order valence-electron chi connectivity index (χ4n) is 4.62. The van der Waals surface area contributed by atoms with E-state index in [2.05, 4.69) is 51.5 Å². The van der Waals surface area contributed by atoms with Crippen LogP contribution in [0.25, 0.3) is 11.0 Å². The first-order valence-electron chi connectivity index (χ1n) is 12.9. The topological polar surface area (TPSA) is 88.9 Å². The van der Waals surface area contributed by atoms with E-state index >= 15 is 0 Å². The molecule has 7 nitrogen and oxygen atoms in total. The van der Waals surface area contributed by atoms with E-state index in [1.54, 1.807) is 17.5 Å². The average molecular weight is 538 g/mol. The molecule has 4 rings (SSSR count). The van der Waals surface area contributed by atoms with Crippen molar-refractivity contribution in [1.29, 1.82) is 0 Å². The Morgan fingerprint density at radius 2 is 1.89 bits per heavy atom. The smallest absolute Gasteiger partial charge is 0.252 e. The number of thiophene rings is 1. The second-order valence-electron chi connectivity index (χ2n) is 9.63. The number of carbonyl (C=O) groups is 2. The molecule has 0 spiro atoms. The van der Waals surface area contributed by atoms with Crippen LogP contribution in [0.5, 0.6) is 0 Å². The summed E-state index contributed by atoms with van der Waals surface area (Å²) in [6.07, 6.45) is 5.04. The van der Waals surface area contributed by atoms with Gasteiger partial charge >= 0.3 is 0 Å². The number of hydrogen-bond donors (Lipinski definition) is 2. The van der Waals surface area contributed by atoms with Gasteiger partial charge in [0, 0.05) is 34.5 Å². The Bertz CT molecular complexity index is 1310. The van der Waals surface area contributed by atoms with Crippen molar-refractivity contribution in [2.24, 2.45) is 5.92 Å². The van der Waals surface area contributed by atoms with Crippen LogP contribution in [0.4, 0.5) is 0 Å². The number of imidazole rings is 1. The van der Waals surface area contributed by atoms with E-state index in [1.165, 1.54) is 16.2 Å². The minimum atomic E-state index is -0.625. The molecule has 0 bridgehead atoms. The Kier molecular flexibility index (Phi) is 9.10. The Morgan fingerprint density at radius 3 is 2.54 bits per heavy atom. The number of amides is 2. The molecule has 3 aromatic heterocycles. The largest absolute Gasteiger partial charge is 0.348 e. The van der Waals surface area contributed by atoms with Crippen LogP contribution in [0.2, 0.25) is 0 Å². The van der Waals surface area contributed by atoms with Crippen LogP contribution in [0.3, 0.4) is 0 Å². The fourth-order valence-corrected chi connectivity index (χ4v) is 5.87. The van der Waals surface area contributed by atoms with E-state index in [0.29, 0.717) is 24.6 Å². The third kappa shape index (κ3) is 6.64. The molecule has 0 aliphatic carbocycles. The van der Waals surface area contributed by atoms with Crippen LogP contribution >= 0.6 is 22.7 Å². The van der Waals surface area contributed by atoms with Gasteiger partial charge in [-0.2, -0.15) is 0 Å². The zero-order valence-electron chi connectivity index (χ0n) is 21.9. The van der Waals surface area contributed by atoms with Gasteiger partial charge in [0.1, 0.15) is 16.9 Å². The second-order valence-corrected chi connectivity index (χ2v) is 11.6. The molecule has 2 amide bonds. The summed E-state index contributed by atoms with van der Waals surface area (Å²) in [5.74, 6) is 0.792. The Morgan fingerprint density at radius 1 is 1.08 bits per heavy atom. The number of thiazole rings is 1. The van der Waals surface area contributed by atoms with Crippen molar-refractivity contribution in [1.82, 2.24) is 25.2 Å². The lowest BCUT2D eigenvalue weighted by Gasteiger charge is -2.20. The first kappa shape index (κ1) is 27.0. The first-order chi connectivity index (χ1) is 17.9. The molecule has 0 radical (unpaired) electrons. The van der Waals surface area contributed by atoms with Crippen LogP contribution in [0, 0.1) is 5.92 Å². The zero-order chi connectivity index (χ0) is 26.4. The summed E-state index contributed by atoms with van der Waals surface area (Å²) in [5, 5.41) is 10.7. The third-order valence-electron chi connectivity index (χ3n) is 6.47. The number of nitrogens with zero attached hydrogens (tertiary/aromatic N) is 3. The van der Waals surface area contributed by atoms with Crippen molar-refractivity contribution in [2.75, 3.05) is 0 Å². The van der Waals surface area contributed by atoms with Gasteiger partial charge in [-0.05, 0) is 54.8 Å². The normalized spacial score (nSPS) is 12.4. The molecule has 0 aliphatic heterocycles. The molecule has 2 N–H and O–H groups in total. The van der Waals surface area contributed by atoms with Crippen molar-refractivity contribution in [3.8, 4) is 0 Å². The summed E-state index contributed by atoms with van der Waals surface area (Å²) < 4.78 is 2.34. The maximum Gasteiger partial charge on any atom is 0.252 e. The molecule has 1 atom stereocenters. The van der Waals surface area contributed by atoms with Gasteiger partial charge in [0.15, 0.2) is 0 Å². The standard InChI is InChI=1S/C28H35N5O2S2/c1-5-20(6-2)33-24-10-9-19(15-22(24)31-25(33)16-21-8-7-12-36-21)27(34)32-23(14-18(3)4)28(35)30-17-26-29-11-13-37-26/h7-13,15,18,20,23H,5-6,14,16-17H2,1-4H3,(H,30,35)(H,32,34)/t23-/m0/s1. The average Bonchev–Trinajstić information content (AvgIpc) is 3.65. The molecular weight excluding hydrogens is 502 g/mol. The molecule has 1 aromatic carbocycles. The fraction of sp³-hybridized carbons (Fsp3) is 0.429. The lowest BCUT2D eigenvalue weighted by Crippen LogP contribution is -2.47. The number of rotatable bonds is 12. The van der Waals surface area contributed by atoms with Crippen LogP contribution in [-0.2, 0) is 17.8 Å². The Labute approximate surface area is 226 Å². The summed E-state index contributed by atoms with van der Waals surface area (Å²) in [6, 6.07) is 9.60. The second kappa shape index (κ2) is 12.5. The Hall–Kier alpha value is -3.04. The van der Waals surface area contributed by atoms with Crippen molar-refractivity contribution in [2.45, 2.75) is 72.0 Å². The van der Waals surface area contributed by atoms with Crippen molar-refractivity contribution in [3.63, 3.8) is 0 Å². The van der Waals surface area contributed by atoms with Crippen LogP contribution in [0.15, 0.2) is 47.3 Å². The first-order valence-corrected chi connectivity index (χ1v) is 14.7. The molecule has 0 unspecified atom stereocenters. The van der Waals surface area contributed by atoms with Crippen molar-refractivity contribution in [3.05, 3.63) is 68.6 Å². The predicted octanol–water partition coefficient (Wildman–Crippen LogP) is 5.97. The number of benzene rings is 1. The number of aromatic nitrogens is 3. The molecule has 0 aliphatic rings. The molecular formula is C28H35N5O2S2.